The second-order valence-corrected chi connectivity index (χ2v) is 14.7. The number of benzene rings is 4. The van der Waals surface area contributed by atoms with Crippen LogP contribution in [0.5, 0.6) is 0 Å². The van der Waals surface area contributed by atoms with Gasteiger partial charge < -0.3 is 0 Å². The van der Waals surface area contributed by atoms with Gasteiger partial charge in [-0.05, 0) is 67.4 Å². The number of rotatable bonds is 7. The Balaban J connectivity index is 1.41. The van der Waals surface area contributed by atoms with Gasteiger partial charge in [-0.25, -0.2) is 16.8 Å². The molecule has 4 rings (SSSR count). The van der Waals surface area contributed by atoms with Gasteiger partial charge in [0.1, 0.15) is 0 Å². The Morgan fingerprint density at radius 3 is 1.27 bits per heavy atom. The summed E-state index contributed by atoms with van der Waals surface area (Å²) in [4.78, 5) is 0.460. The van der Waals surface area contributed by atoms with Gasteiger partial charge in [0.2, 0.25) is 17.7 Å². The minimum absolute atomic E-state index is 0.173. The number of hydrogen-bond donors (Lipinski definition) is 0. The van der Waals surface area contributed by atoms with Crippen LogP contribution in [0.15, 0.2) is 94.7 Å². The zero-order valence-corrected chi connectivity index (χ0v) is 19.0. The SMILES string of the molecule is O=S(=O)(SCCSS(=O)(=O)c1ccc2ccccc2c1)c1ccc2ccccc2c1. The van der Waals surface area contributed by atoms with Gasteiger partial charge >= 0.3 is 0 Å². The molecule has 0 amide bonds. The van der Waals surface area contributed by atoms with E-state index in [1.165, 1.54) is 0 Å². The lowest BCUT2D eigenvalue weighted by Gasteiger charge is -2.07. The van der Waals surface area contributed by atoms with E-state index in [0.717, 1.165) is 43.1 Å². The summed E-state index contributed by atoms with van der Waals surface area (Å²) < 4.78 is 50.5. The normalized spacial score (nSPS) is 12.4. The average molecular weight is 475 g/mol. The van der Waals surface area contributed by atoms with Crippen LogP contribution < -0.4 is 0 Å². The van der Waals surface area contributed by atoms with Gasteiger partial charge in [-0.3, -0.25) is 0 Å². The lowest BCUT2D eigenvalue weighted by Crippen LogP contribution is -2.01. The highest BCUT2D eigenvalue weighted by molar-refractivity contribution is 8.73. The third-order valence-corrected chi connectivity index (χ3v) is 11.9. The van der Waals surface area contributed by atoms with Crippen molar-refractivity contribution in [2.45, 2.75) is 9.79 Å². The van der Waals surface area contributed by atoms with Gasteiger partial charge in [-0.2, -0.15) is 0 Å². The van der Waals surface area contributed by atoms with E-state index in [1.807, 2.05) is 48.5 Å². The molecule has 0 unspecified atom stereocenters. The topological polar surface area (TPSA) is 68.3 Å². The molecule has 0 aliphatic carbocycles. The van der Waals surface area contributed by atoms with E-state index in [0.29, 0.717) is 0 Å². The summed E-state index contributed by atoms with van der Waals surface area (Å²) in [6, 6.07) is 25.1. The zero-order chi connectivity index (χ0) is 21.2. The highest BCUT2D eigenvalue weighted by atomic mass is 33.1. The molecule has 0 aliphatic rings. The molecule has 0 radical (unpaired) electrons. The fraction of sp³-hybridized carbons (Fsp3) is 0.0909. The first-order valence-corrected chi connectivity index (χ1v) is 15.1. The molecule has 0 saturated heterocycles. The molecule has 0 N–H and O–H groups in total. The van der Waals surface area contributed by atoms with Crippen molar-refractivity contribution < 1.29 is 16.8 Å². The molecule has 4 aromatic carbocycles. The molecule has 4 nitrogen and oxygen atoms in total. The van der Waals surface area contributed by atoms with Gasteiger partial charge in [-0.15, -0.1) is 0 Å². The maximum absolute atomic E-state index is 12.6. The van der Waals surface area contributed by atoms with E-state index in [2.05, 4.69) is 0 Å². The van der Waals surface area contributed by atoms with E-state index in [-0.39, 0.29) is 21.3 Å². The Labute approximate surface area is 183 Å². The van der Waals surface area contributed by atoms with E-state index in [9.17, 15) is 16.8 Å². The van der Waals surface area contributed by atoms with E-state index in [1.54, 1.807) is 36.4 Å². The predicted octanol–water partition coefficient (Wildman–Crippen LogP) is 5.54. The Morgan fingerprint density at radius 1 is 0.500 bits per heavy atom. The van der Waals surface area contributed by atoms with Crippen molar-refractivity contribution in [1.82, 2.24) is 0 Å². The second-order valence-electron chi connectivity index (χ2n) is 6.57. The monoisotopic (exact) mass is 474 g/mol. The van der Waals surface area contributed by atoms with Gasteiger partial charge in [0.15, 0.2) is 0 Å². The van der Waals surface area contributed by atoms with E-state index in [4.69, 9.17) is 0 Å². The van der Waals surface area contributed by atoms with Crippen LogP contribution in [0.4, 0.5) is 0 Å². The molecular weight excluding hydrogens is 457 g/mol. The molecule has 0 heterocycles. The standard InChI is InChI=1S/C22H18O4S4/c23-29(24,21-11-9-17-5-1-3-7-19(17)15-21)27-13-14-28-30(25,26)22-12-10-18-6-2-4-8-20(18)16-22/h1-12,15-16H,13-14H2. The van der Waals surface area contributed by atoms with Crippen LogP contribution in [0.3, 0.4) is 0 Å². The summed E-state index contributed by atoms with van der Waals surface area (Å²) in [7, 11) is -5.58. The van der Waals surface area contributed by atoms with Gasteiger partial charge in [-0.1, -0.05) is 60.7 Å². The molecule has 0 fully saturated rings. The quantitative estimate of drug-likeness (QED) is 0.259. The molecule has 0 bridgehead atoms. The van der Waals surface area contributed by atoms with Crippen molar-refractivity contribution in [3.05, 3.63) is 84.9 Å². The van der Waals surface area contributed by atoms with E-state index >= 15 is 0 Å². The molecule has 0 aromatic heterocycles. The van der Waals surface area contributed by atoms with Gasteiger partial charge in [0, 0.05) is 11.5 Å². The lowest BCUT2D eigenvalue weighted by molar-refractivity contribution is 0.609. The number of hydrogen-bond acceptors (Lipinski definition) is 6. The molecule has 0 atom stereocenters. The summed E-state index contributed by atoms with van der Waals surface area (Å²) >= 11 is 0. The van der Waals surface area contributed by atoms with E-state index < -0.39 is 17.7 Å². The second kappa shape index (κ2) is 8.63. The van der Waals surface area contributed by atoms with Crippen LogP contribution in [-0.2, 0) is 17.7 Å². The maximum atomic E-state index is 12.6. The summed E-state index contributed by atoms with van der Waals surface area (Å²) in [5.74, 6) is 0.347. The molecule has 0 aliphatic heterocycles. The van der Waals surface area contributed by atoms with Crippen molar-refractivity contribution in [3.63, 3.8) is 0 Å². The summed E-state index contributed by atoms with van der Waals surface area (Å²) in [6.07, 6.45) is 0. The third kappa shape index (κ3) is 4.67. The van der Waals surface area contributed by atoms with Crippen molar-refractivity contribution in [2.24, 2.45) is 0 Å². The van der Waals surface area contributed by atoms with Crippen LogP contribution in [0.25, 0.3) is 21.5 Å². The minimum Gasteiger partial charge on any atom is -0.212 e. The van der Waals surface area contributed by atoms with Crippen LogP contribution in [0, 0.1) is 0 Å². The summed E-state index contributed by atoms with van der Waals surface area (Å²) in [5.41, 5.74) is 0. The van der Waals surface area contributed by atoms with Crippen molar-refractivity contribution in [3.8, 4) is 0 Å². The smallest absolute Gasteiger partial charge is 0.212 e. The highest BCUT2D eigenvalue weighted by Crippen LogP contribution is 2.30. The average Bonchev–Trinajstić information content (AvgIpc) is 2.76. The first-order chi connectivity index (χ1) is 14.4. The van der Waals surface area contributed by atoms with Crippen LogP contribution in [0.1, 0.15) is 0 Å². The minimum atomic E-state index is -3.55. The summed E-state index contributed by atoms with van der Waals surface area (Å²) in [6.45, 7) is 0. The maximum Gasteiger partial charge on any atom is 0.230 e. The Bertz CT molecular complexity index is 1320. The molecule has 0 saturated carbocycles. The highest BCUT2D eigenvalue weighted by Gasteiger charge is 2.19. The molecular formula is C22H18O4S4. The Hall–Kier alpha value is -2.00. The predicted molar refractivity (Wildman–Crippen MR) is 127 cm³/mol. The van der Waals surface area contributed by atoms with Crippen molar-refractivity contribution in [2.75, 3.05) is 11.5 Å². The van der Waals surface area contributed by atoms with Crippen molar-refractivity contribution >= 4 is 60.9 Å². The first-order valence-electron chi connectivity index (χ1n) is 9.12. The Kier molecular flexibility index (Phi) is 6.11. The Morgan fingerprint density at radius 2 is 0.867 bits per heavy atom. The van der Waals surface area contributed by atoms with Crippen LogP contribution >= 0.6 is 21.6 Å². The van der Waals surface area contributed by atoms with Gasteiger partial charge in [0.25, 0.3) is 0 Å². The van der Waals surface area contributed by atoms with Crippen molar-refractivity contribution in [1.29, 1.82) is 0 Å². The van der Waals surface area contributed by atoms with Crippen LogP contribution in [-0.4, -0.2) is 28.3 Å². The molecule has 154 valence electrons. The fourth-order valence-corrected chi connectivity index (χ4v) is 9.32. The number of fused-ring (bicyclic) bond motifs is 2. The fourth-order valence-electron chi connectivity index (χ4n) is 3.07. The summed E-state index contributed by atoms with van der Waals surface area (Å²) in [5, 5.41) is 3.65. The van der Waals surface area contributed by atoms with Crippen LogP contribution in [0.2, 0.25) is 0 Å². The molecule has 4 aromatic rings. The third-order valence-electron chi connectivity index (χ3n) is 4.58. The first kappa shape index (κ1) is 21.2. The molecule has 8 heteroatoms. The van der Waals surface area contributed by atoms with Gasteiger partial charge in [0.05, 0.1) is 9.79 Å². The largest absolute Gasteiger partial charge is 0.230 e. The molecule has 0 spiro atoms. The molecule has 30 heavy (non-hydrogen) atoms. The lowest BCUT2D eigenvalue weighted by atomic mass is 10.1. The zero-order valence-electron chi connectivity index (χ0n) is 15.8.